The SMILES string of the molecule is Cc1ccc(C(=O)Nc2cccc(C(F)(F)F)c2)cc1NC(=O)NCc1csc(-c2ccco2)n1. The van der Waals surface area contributed by atoms with Crippen LogP contribution in [0.15, 0.2) is 70.7 Å². The fourth-order valence-corrected chi connectivity index (χ4v) is 3.90. The molecular formula is C24H19F3N4O3S. The topological polar surface area (TPSA) is 96.3 Å². The van der Waals surface area contributed by atoms with Gasteiger partial charge in [-0.1, -0.05) is 12.1 Å². The number of amides is 3. The maximum atomic E-state index is 12.9. The fourth-order valence-electron chi connectivity index (χ4n) is 3.11. The van der Waals surface area contributed by atoms with Crippen LogP contribution in [0.3, 0.4) is 0 Å². The number of benzene rings is 2. The lowest BCUT2D eigenvalue weighted by atomic mass is 10.1. The second kappa shape index (κ2) is 10.0. The molecule has 0 atom stereocenters. The normalized spacial score (nSPS) is 11.2. The molecule has 2 heterocycles. The van der Waals surface area contributed by atoms with Crippen molar-refractivity contribution >= 4 is 34.6 Å². The molecule has 0 saturated heterocycles. The molecule has 0 radical (unpaired) electrons. The molecule has 11 heteroatoms. The molecule has 4 aromatic rings. The fraction of sp³-hybridized carbons (Fsp3) is 0.125. The smallest absolute Gasteiger partial charge is 0.416 e. The minimum atomic E-state index is -4.52. The van der Waals surface area contributed by atoms with Crippen molar-refractivity contribution in [2.75, 3.05) is 10.6 Å². The minimum Gasteiger partial charge on any atom is -0.462 e. The largest absolute Gasteiger partial charge is 0.462 e. The number of carbonyl (C=O) groups is 2. The molecule has 2 aromatic heterocycles. The van der Waals surface area contributed by atoms with Gasteiger partial charge in [-0.25, -0.2) is 9.78 Å². The lowest BCUT2D eigenvalue weighted by Crippen LogP contribution is -2.28. The number of thiazole rings is 1. The second-order valence-corrected chi connectivity index (χ2v) is 8.35. The summed E-state index contributed by atoms with van der Waals surface area (Å²) in [6, 6.07) is 12.0. The van der Waals surface area contributed by atoms with Crippen LogP contribution >= 0.6 is 11.3 Å². The first-order valence-corrected chi connectivity index (χ1v) is 11.2. The molecule has 0 unspecified atom stereocenters. The monoisotopic (exact) mass is 500 g/mol. The Morgan fingerprint density at radius 2 is 1.89 bits per heavy atom. The van der Waals surface area contributed by atoms with Crippen molar-refractivity contribution in [3.63, 3.8) is 0 Å². The van der Waals surface area contributed by atoms with E-state index in [0.717, 1.165) is 12.1 Å². The van der Waals surface area contributed by atoms with Crippen LogP contribution in [0.2, 0.25) is 0 Å². The Hall–Kier alpha value is -4.12. The zero-order valence-electron chi connectivity index (χ0n) is 18.3. The first-order chi connectivity index (χ1) is 16.7. The van der Waals surface area contributed by atoms with Gasteiger partial charge in [-0.2, -0.15) is 13.2 Å². The van der Waals surface area contributed by atoms with E-state index >= 15 is 0 Å². The number of halogens is 3. The lowest BCUT2D eigenvalue weighted by molar-refractivity contribution is -0.137. The number of urea groups is 1. The molecule has 4 rings (SSSR count). The molecule has 0 saturated carbocycles. The summed E-state index contributed by atoms with van der Waals surface area (Å²) in [5.74, 6) is 0.0299. The Morgan fingerprint density at radius 3 is 2.63 bits per heavy atom. The molecule has 0 aliphatic carbocycles. The van der Waals surface area contributed by atoms with Crippen molar-refractivity contribution in [1.29, 1.82) is 0 Å². The molecule has 0 bridgehead atoms. The first kappa shape index (κ1) is 24.0. The highest BCUT2D eigenvalue weighted by Crippen LogP contribution is 2.31. The number of carbonyl (C=O) groups excluding carboxylic acids is 2. The van der Waals surface area contributed by atoms with E-state index in [4.69, 9.17) is 4.42 Å². The van der Waals surface area contributed by atoms with Gasteiger partial charge in [0.05, 0.1) is 24.1 Å². The highest BCUT2D eigenvalue weighted by molar-refractivity contribution is 7.13. The molecule has 180 valence electrons. The van der Waals surface area contributed by atoms with Crippen LogP contribution in [0.5, 0.6) is 0 Å². The maximum Gasteiger partial charge on any atom is 0.416 e. The number of hydrogen-bond donors (Lipinski definition) is 3. The summed E-state index contributed by atoms with van der Waals surface area (Å²) in [7, 11) is 0. The quantitative estimate of drug-likeness (QED) is 0.289. The van der Waals surface area contributed by atoms with Gasteiger partial charge in [-0.3, -0.25) is 4.79 Å². The van der Waals surface area contributed by atoms with E-state index in [9.17, 15) is 22.8 Å². The van der Waals surface area contributed by atoms with Crippen LogP contribution in [-0.4, -0.2) is 16.9 Å². The maximum absolute atomic E-state index is 12.9. The van der Waals surface area contributed by atoms with Gasteiger partial charge in [0, 0.05) is 22.3 Å². The number of furan rings is 1. The van der Waals surface area contributed by atoms with E-state index in [0.29, 0.717) is 27.7 Å². The van der Waals surface area contributed by atoms with Crippen molar-refractivity contribution in [1.82, 2.24) is 10.3 Å². The lowest BCUT2D eigenvalue weighted by Gasteiger charge is -2.12. The van der Waals surface area contributed by atoms with Gasteiger partial charge < -0.3 is 20.4 Å². The van der Waals surface area contributed by atoms with E-state index in [1.807, 2.05) is 5.38 Å². The summed E-state index contributed by atoms with van der Waals surface area (Å²) in [6.07, 6.45) is -2.97. The molecule has 0 fully saturated rings. The van der Waals surface area contributed by atoms with E-state index in [1.54, 1.807) is 31.4 Å². The Morgan fingerprint density at radius 1 is 1.06 bits per heavy atom. The predicted molar refractivity (Wildman–Crippen MR) is 126 cm³/mol. The van der Waals surface area contributed by atoms with Crippen LogP contribution in [-0.2, 0) is 12.7 Å². The van der Waals surface area contributed by atoms with Gasteiger partial charge in [-0.05, 0) is 55.0 Å². The molecule has 0 spiro atoms. The Bertz CT molecular complexity index is 1350. The number of rotatable bonds is 6. The average Bonchev–Trinajstić information content (AvgIpc) is 3.51. The summed E-state index contributed by atoms with van der Waals surface area (Å²) in [5, 5.41) is 10.3. The average molecular weight is 501 g/mol. The van der Waals surface area contributed by atoms with Crippen molar-refractivity contribution in [2.45, 2.75) is 19.6 Å². The zero-order valence-corrected chi connectivity index (χ0v) is 19.1. The number of nitrogens with zero attached hydrogens (tertiary/aromatic N) is 1. The van der Waals surface area contributed by atoms with Crippen LogP contribution in [0.25, 0.3) is 10.8 Å². The van der Waals surface area contributed by atoms with Gasteiger partial charge in [0.25, 0.3) is 5.91 Å². The van der Waals surface area contributed by atoms with Gasteiger partial charge >= 0.3 is 12.2 Å². The van der Waals surface area contributed by atoms with E-state index in [2.05, 4.69) is 20.9 Å². The van der Waals surface area contributed by atoms with Crippen molar-refractivity contribution in [3.05, 3.63) is 88.6 Å². The molecular weight excluding hydrogens is 481 g/mol. The first-order valence-electron chi connectivity index (χ1n) is 10.3. The van der Waals surface area contributed by atoms with E-state index < -0.39 is 23.7 Å². The molecule has 3 N–H and O–H groups in total. The van der Waals surface area contributed by atoms with Crippen LogP contribution in [0.4, 0.5) is 29.3 Å². The third-order valence-electron chi connectivity index (χ3n) is 4.91. The number of hydrogen-bond acceptors (Lipinski definition) is 5. The van der Waals surface area contributed by atoms with Crippen LogP contribution in [0.1, 0.15) is 27.2 Å². The van der Waals surface area contributed by atoms with Crippen molar-refractivity contribution < 1.29 is 27.2 Å². The van der Waals surface area contributed by atoms with E-state index in [-0.39, 0.29) is 17.8 Å². The number of aryl methyl sites for hydroxylation is 1. The van der Waals surface area contributed by atoms with Crippen molar-refractivity contribution in [3.8, 4) is 10.8 Å². The Kier molecular flexibility index (Phi) is 6.87. The second-order valence-electron chi connectivity index (χ2n) is 7.49. The molecule has 3 amide bonds. The molecule has 0 aliphatic rings. The molecule has 2 aromatic carbocycles. The summed E-state index contributed by atoms with van der Waals surface area (Å²) in [6.45, 7) is 1.93. The zero-order chi connectivity index (χ0) is 25.0. The number of alkyl halides is 3. The Balaban J connectivity index is 1.38. The third-order valence-corrected chi connectivity index (χ3v) is 5.82. The minimum absolute atomic E-state index is 0.00910. The summed E-state index contributed by atoms with van der Waals surface area (Å²) < 4.78 is 44.1. The van der Waals surface area contributed by atoms with Crippen LogP contribution in [0, 0.1) is 6.92 Å². The summed E-state index contributed by atoms with van der Waals surface area (Å²) >= 11 is 1.39. The standard InChI is InChI=1S/C24H19F3N4O3S/c1-14-7-8-15(21(32)29-17-5-2-4-16(11-17)24(25,26)27)10-19(14)31-23(33)28-12-18-13-35-22(30-18)20-6-3-9-34-20/h2-11,13H,12H2,1H3,(H,29,32)(H2,28,31,33). The van der Waals surface area contributed by atoms with Gasteiger partial charge in [0.1, 0.15) is 0 Å². The van der Waals surface area contributed by atoms with Crippen LogP contribution < -0.4 is 16.0 Å². The molecule has 35 heavy (non-hydrogen) atoms. The number of aromatic nitrogens is 1. The Labute approximate surface area is 202 Å². The third kappa shape index (κ3) is 6.07. The summed E-state index contributed by atoms with van der Waals surface area (Å²) in [5.41, 5.74) is 1.05. The van der Waals surface area contributed by atoms with Gasteiger partial charge in [-0.15, -0.1) is 11.3 Å². The van der Waals surface area contributed by atoms with E-state index in [1.165, 1.54) is 35.6 Å². The number of anilines is 2. The molecule has 7 nitrogen and oxygen atoms in total. The summed E-state index contributed by atoms with van der Waals surface area (Å²) in [4.78, 5) is 29.4. The number of nitrogens with one attached hydrogen (secondary N) is 3. The molecule has 0 aliphatic heterocycles. The highest BCUT2D eigenvalue weighted by atomic mass is 32.1. The van der Waals surface area contributed by atoms with Gasteiger partial charge in [0.15, 0.2) is 10.8 Å². The van der Waals surface area contributed by atoms with Crippen molar-refractivity contribution in [2.24, 2.45) is 0 Å². The van der Waals surface area contributed by atoms with Gasteiger partial charge in [0.2, 0.25) is 0 Å². The highest BCUT2D eigenvalue weighted by Gasteiger charge is 2.30. The predicted octanol–water partition coefficient (Wildman–Crippen LogP) is 6.30.